The number of benzene rings is 3. The van der Waals surface area contributed by atoms with Gasteiger partial charge in [0.1, 0.15) is 17.6 Å². The lowest BCUT2D eigenvalue weighted by Crippen LogP contribution is -2.49. The second kappa shape index (κ2) is 10.7. The predicted octanol–water partition coefficient (Wildman–Crippen LogP) is 4.16. The van der Waals surface area contributed by atoms with E-state index < -0.39 is 29.6 Å². The fourth-order valence-electron chi connectivity index (χ4n) is 3.66. The lowest BCUT2D eigenvalue weighted by atomic mass is 10.1. The largest absolute Gasteiger partial charge is 0.495 e. The number of hydrazine groups is 1. The molecule has 11 heteroatoms. The van der Waals surface area contributed by atoms with Gasteiger partial charge < -0.3 is 10.1 Å². The fourth-order valence-corrected chi connectivity index (χ4v) is 4.15. The van der Waals surface area contributed by atoms with Crippen LogP contribution in [0.5, 0.6) is 5.75 Å². The van der Waals surface area contributed by atoms with Crippen molar-refractivity contribution in [2.24, 2.45) is 0 Å². The second-order valence-electron chi connectivity index (χ2n) is 7.72. The first-order valence-corrected chi connectivity index (χ1v) is 11.5. The van der Waals surface area contributed by atoms with Crippen molar-refractivity contribution in [2.45, 2.75) is 12.5 Å². The van der Waals surface area contributed by atoms with Crippen molar-refractivity contribution in [2.75, 3.05) is 17.3 Å². The summed E-state index contributed by atoms with van der Waals surface area (Å²) in [5.74, 6) is -1.89. The summed E-state index contributed by atoms with van der Waals surface area (Å²) in [6.07, 6.45) is -0.343. The highest BCUT2D eigenvalue weighted by Crippen LogP contribution is 2.28. The van der Waals surface area contributed by atoms with Crippen LogP contribution < -0.4 is 20.4 Å². The van der Waals surface area contributed by atoms with Crippen molar-refractivity contribution >= 4 is 58.0 Å². The molecule has 3 aromatic rings. The molecule has 1 unspecified atom stereocenters. The number of ether oxygens (including phenoxy) is 1. The van der Waals surface area contributed by atoms with Gasteiger partial charge in [-0.25, -0.2) is 9.40 Å². The smallest absolute Gasteiger partial charge is 0.269 e. The van der Waals surface area contributed by atoms with Gasteiger partial charge in [-0.2, -0.15) is 0 Å². The average Bonchev–Trinajstić information content (AvgIpc) is 3.08. The Morgan fingerprint density at radius 1 is 1.08 bits per heavy atom. The monoisotopic (exact) mass is 526 g/mol. The maximum absolute atomic E-state index is 13.7. The van der Waals surface area contributed by atoms with Crippen molar-refractivity contribution in [3.05, 3.63) is 89.2 Å². The van der Waals surface area contributed by atoms with Crippen LogP contribution in [0.1, 0.15) is 16.8 Å². The van der Waals surface area contributed by atoms with Gasteiger partial charge >= 0.3 is 0 Å². The molecule has 1 aliphatic rings. The zero-order chi connectivity index (χ0) is 25.8. The van der Waals surface area contributed by atoms with Crippen LogP contribution in [-0.4, -0.2) is 41.0 Å². The van der Waals surface area contributed by atoms with Crippen LogP contribution in [0, 0.1) is 5.82 Å². The number of hydrogen-bond donors (Lipinski definition) is 2. The van der Waals surface area contributed by atoms with Gasteiger partial charge in [0.25, 0.3) is 11.8 Å². The van der Waals surface area contributed by atoms with E-state index in [0.717, 1.165) is 11.1 Å². The van der Waals surface area contributed by atoms with E-state index in [9.17, 15) is 18.8 Å². The molecule has 1 aliphatic heterocycles. The normalized spacial score (nSPS) is 15.1. The van der Waals surface area contributed by atoms with E-state index in [-0.39, 0.29) is 17.1 Å². The van der Waals surface area contributed by atoms with Gasteiger partial charge in [0.05, 0.1) is 24.9 Å². The number of carbonyl (C=O) groups is 3. The third-order valence-corrected chi connectivity index (χ3v) is 6.00. The molecule has 0 radical (unpaired) electrons. The summed E-state index contributed by atoms with van der Waals surface area (Å²) in [6.45, 7) is 0. The maximum atomic E-state index is 13.7. The molecule has 1 atom stereocenters. The fraction of sp³-hybridized carbons (Fsp3) is 0.120. The zero-order valence-corrected chi connectivity index (χ0v) is 20.5. The van der Waals surface area contributed by atoms with E-state index in [4.69, 9.17) is 28.6 Å². The molecule has 1 saturated heterocycles. The van der Waals surface area contributed by atoms with Crippen LogP contribution in [-0.2, 0) is 9.59 Å². The van der Waals surface area contributed by atoms with E-state index in [2.05, 4.69) is 10.7 Å². The first kappa shape index (κ1) is 25.1. The third-order valence-electron chi connectivity index (χ3n) is 5.37. The number of nitrogens with one attached hydrogen (secondary N) is 2. The highest BCUT2D eigenvalue weighted by Gasteiger charge is 2.45. The van der Waals surface area contributed by atoms with Crippen molar-refractivity contribution < 1.29 is 23.5 Å². The predicted molar refractivity (Wildman–Crippen MR) is 137 cm³/mol. The molecular formula is C25H20ClFN4O4S. The van der Waals surface area contributed by atoms with Crippen LogP contribution in [0.2, 0.25) is 5.02 Å². The molecule has 3 amide bonds. The molecule has 36 heavy (non-hydrogen) atoms. The standard InChI is InChI=1S/C25H20ClFN4O4S/c1-35-21-8-3-2-7-19(21)28-22(32)14-20-24(34)30(18-11-9-16(26)10-12-18)25(36)31(20)29-23(33)15-5-4-6-17(27)13-15/h2-13,20H,14H2,1H3,(H,28,32)(H,29,33). The van der Waals surface area contributed by atoms with E-state index in [1.165, 1.54) is 30.2 Å². The molecule has 1 heterocycles. The van der Waals surface area contributed by atoms with Crippen LogP contribution in [0.25, 0.3) is 0 Å². The number of amides is 3. The van der Waals surface area contributed by atoms with E-state index in [1.54, 1.807) is 48.5 Å². The SMILES string of the molecule is COc1ccccc1NC(=O)CC1C(=O)N(c2ccc(Cl)cc2)C(=S)N1NC(=O)c1cccc(F)c1. The first-order valence-electron chi connectivity index (χ1n) is 10.7. The Bertz CT molecular complexity index is 1340. The number of anilines is 2. The van der Waals surface area contributed by atoms with Gasteiger partial charge in [-0.3, -0.25) is 24.7 Å². The molecule has 0 bridgehead atoms. The number of nitrogens with zero attached hydrogens (tertiary/aromatic N) is 2. The van der Waals surface area contributed by atoms with E-state index in [0.29, 0.717) is 22.1 Å². The van der Waals surface area contributed by atoms with Crippen molar-refractivity contribution in [1.29, 1.82) is 0 Å². The van der Waals surface area contributed by atoms with Gasteiger partial charge in [0.15, 0.2) is 0 Å². The Kier molecular flexibility index (Phi) is 7.47. The molecule has 0 saturated carbocycles. The molecule has 0 spiro atoms. The summed E-state index contributed by atoms with van der Waals surface area (Å²) >= 11 is 11.5. The number of carbonyl (C=O) groups excluding carboxylic acids is 3. The Morgan fingerprint density at radius 3 is 2.50 bits per heavy atom. The Hall–Kier alpha value is -4.02. The van der Waals surface area contributed by atoms with E-state index >= 15 is 0 Å². The highest BCUT2D eigenvalue weighted by atomic mass is 35.5. The summed E-state index contributed by atoms with van der Waals surface area (Å²) in [4.78, 5) is 40.4. The topological polar surface area (TPSA) is 91.0 Å². The number of rotatable bonds is 7. The number of para-hydroxylation sites is 2. The molecular weight excluding hydrogens is 507 g/mol. The lowest BCUT2D eigenvalue weighted by Gasteiger charge is -2.24. The second-order valence-corrected chi connectivity index (χ2v) is 8.52. The average molecular weight is 527 g/mol. The van der Waals surface area contributed by atoms with E-state index in [1.807, 2.05) is 0 Å². The van der Waals surface area contributed by atoms with Gasteiger partial charge in [-0.05, 0) is 66.8 Å². The Balaban J connectivity index is 1.61. The van der Waals surface area contributed by atoms with Crippen molar-refractivity contribution in [3.63, 3.8) is 0 Å². The number of methoxy groups -OCH3 is 1. The molecule has 0 aliphatic carbocycles. The minimum atomic E-state index is -1.17. The molecule has 4 rings (SSSR count). The van der Waals surface area contributed by atoms with Gasteiger partial charge in [0.2, 0.25) is 11.0 Å². The summed E-state index contributed by atoms with van der Waals surface area (Å²) in [5.41, 5.74) is 3.40. The first-order chi connectivity index (χ1) is 17.3. The van der Waals surface area contributed by atoms with Gasteiger partial charge in [-0.1, -0.05) is 29.8 Å². The number of hydrogen-bond acceptors (Lipinski definition) is 5. The molecule has 1 fully saturated rings. The summed E-state index contributed by atoms with van der Waals surface area (Å²) in [5, 5.41) is 4.26. The van der Waals surface area contributed by atoms with Crippen LogP contribution >= 0.6 is 23.8 Å². The van der Waals surface area contributed by atoms with Crippen molar-refractivity contribution in [3.8, 4) is 5.75 Å². The highest BCUT2D eigenvalue weighted by molar-refractivity contribution is 7.80. The minimum Gasteiger partial charge on any atom is -0.495 e. The van der Waals surface area contributed by atoms with Crippen LogP contribution in [0.15, 0.2) is 72.8 Å². The minimum absolute atomic E-state index is 0.0208. The van der Waals surface area contributed by atoms with Gasteiger partial charge in [-0.15, -0.1) is 0 Å². The number of halogens is 2. The summed E-state index contributed by atoms with van der Waals surface area (Å²) in [7, 11) is 1.47. The Morgan fingerprint density at radius 2 is 1.81 bits per heavy atom. The molecule has 0 aromatic heterocycles. The number of thiocarbonyl (C=S) groups is 1. The van der Waals surface area contributed by atoms with Gasteiger partial charge in [0, 0.05) is 10.6 Å². The summed E-state index contributed by atoms with van der Waals surface area (Å²) in [6, 6.07) is 17.1. The molecule has 8 nitrogen and oxygen atoms in total. The maximum Gasteiger partial charge on any atom is 0.269 e. The Labute approximate surface area is 216 Å². The summed E-state index contributed by atoms with van der Waals surface area (Å²) < 4.78 is 18.9. The van der Waals surface area contributed by atoms with Crippen molar-refractivity contribution in [1.82, 2.24) is 10.4 Å². The third kappa shape index (κ3) is 5.29. The molecule has 2 N–H and O–H groups in total. The molecule has 3 aromatic carbocycles. The molecule has 184 valence electrons. The van der Waals surface area contributed by atoms with Crippen LogP contribution in [0.3, 0.4) is 0 Å². The lowest BCUT2D eigenvalue weighted by molar-refractivity contribution is -0.124. The quantitative estimate of drug-likeness (QED) is 0.449. The zero-order valence-electron chi connectivity index (χ0n) is 18.9. The van der Waals surface area contributed by atoms with Crippen LogP contribution in [0.4, 0.5) is 15.8 Å².